The molecule has 118 valence electrons. The lowest BCUT2D eigenvalue weighted by atomic mass is 9.75. The number of pyridine rings is 1. The molecule has 2 N–H and O–H groups in total. The summed E-state index contributed by atoms with van der Waals surface area (Å²) in [6, 6.07) is 6.32. The Balaban J connectivity index is 2.12. The highest BCUT2D eigenvalue weighted by atomic mass is 19.4. The van der Waals surface area contributed by atoms with Crippen LogP contribution in [0.15, 0.2) is 30.5 Å². The van der Waals surface area contributed by atoms with Gasteiger partial charge >= 0.3 is 6.18 Å². The average Bonchev–Trinajstić information content (AvgIpc) is 2.44. The Hall–Kier alpha value is -1.62. The molecule has 1 heterocycles. The first-order chi connectivity index (χ1) is 10.4. The minimum absolute atomic E-state index is 0.0410. The van der Waals surface area contributed by atoms with Crippen molar-refractivity contribution >= 4 is 10.9 Å². The molecule has 0 aliphatic heterocycles. The Morgan fingerprint density at radius 2 is 1.91 bits per heavy atom. The third-order valence-electron chi connectivity index (χ3n) is 4.53. The monoisotopic (exact) mass is 308 g/mol. The van der Waals surface area contributed by atoms with Crippen molar-refractivity contribution in [2.75, 3.05) is 0 Å². The molecule has 0 amide bonds. The summed E-state index contributed by atoms with van der Waals surface area (Å²) in [5.41, 5.74) is 6.42. The van der Waals surface area contributed by atoms with Crippen LogP contribution in [0.2, 0.25) is 0 Å². The van der Waals surface area contributed by atoms with Crippen molar-refractivity contribution in [1.29, 1.82) is 0 Å². The molecule has 1 saturated carbocycles. The van der Waals surface area contributed by atoms with E-state index in [9.17, 15) is 13.2 Å². The number of aromatic nitrogens is 1. The van der Waals surface area contributed by atoms with Crippen LogP contribution in [0.25, 0.3) is 10.9 Å². The molecular formula is C17H19F3N2. The number of hydrogen-bond donors (Lipinski definition) is 1. The molecule has 0 radical (unpaired) electrons. The van der Waals surface area contributed by atoms with Crippen LogP contribution in [0.1, 0.15) is 43.2 Å². The molecular weight excluding hydrogens is 289 g/mol. The van der Waals surface area contributed by atoms with E-state index in [2.05, 4.69) is 11.9 Å². The summed E-state index contributed by atoms with van der Waals surface area (Å²) in [4.78, 5) is 3.99. The number of alkyl halides is 3. The number of halogens is 3. The standard InChI is InChI=1S/C17H19F3N2/c1-10-7-11(9-12(21)8-10)13-4-5-15(17(18,19)20)16-14(13)3-2-6-22-16/h2-6,10-12H,7-9,21H2,1H3/t10-,11+,12-/m0/s1. The van der Waals surface area contributed by atoms with E-state index < -0.39 is 11.7 Å². The minimum atomic E-state index is -4.39. The van der Waals surface area contributed by atoms with E-state index in [1.54, 1.807) is 18.2 Å². The highest BCUT2D eigenvalue weighted by Gasteiger charge is 2.35. The summed E-state index contributed by atoms with van der Waals surface area (Å²) in [7, 11) is 0. The highest BCUT2D eigenvalue weighted by molar-refractivity contribution is 5.86. The molecule has 2 nitrogen and oxygen atoms in total. The molecule has 2 aromatic rings. The summed E-state index contributed by atoms with van der Waals surface area (Å²) in [6.45, 7) is 2.15. The molecule has 0 bridgehead atoms. The van der Waals surface area contributed by atoms with Gasteiger partial charge in [0.2, 0.25) is 0 Å². The first-order valence-electron chi connectivity index (χ1n) is 7.56. The Morgan fingerprint density at radius 3 is 2.59 bits per heavy atom. The second kappa shape index (κ2) is 5.54. The maximum atomic E-state index is 13.2. The quantitative estimate of drug-likeness (QED) is 0.843. The van der Waals surface area contributed by atoms with Crippen LogP contribution in [0.4, 0.5) is 13.2 Å². The molecule has 0 spiro atoms. The van der Waals surface area contributed by atoms with Crippen molar-refractivity contribution in [2.24, 2.45) is 11.7 Å². The summed E-state index contributed by atoms with van der Waals surface area (Å²) >= 11 is 0. The molecule has 3 atom stereocenters. The first-order valence-corrected chi connectivity index (χ1v) is 7.56. The van der Waals surface area contributed by atoms with E-state index >= 15 is 0 Å². The van der Waals surface area contributed by atoms with E-state index in [0.717, 1.165) is 30.9 Å². The molecule has 22 heavy (non-hydrogen) atoms. The molecule has 5 heteroatoms. The maximum Gasteiger partial charge on any atom is 0.418 e. The van der Waals surface area contributed by atoms with E-state index in [1.807, 2.05) is 0 Å². The molecule has 1 fully saturated rings. The number of rotatable bonds is 1. The van der Waals surface area contributed by atoms with Gasteiger partial charge in [-0.3, -0.25) is 4.98 Å². The van der Waals surface area contributed by atoms with Crippen LogP contribution in [-0.2, 0) is 6.18 Å². The lowest BCUT2D eigenvalue weighted by Crippen LogP contribution is -2.31. The molecule has 0 saturated heterocycles. The number of hydrogen-bond acceptors (Lipinski definition) is 2. The third-order valence-corrected chi connectivity index (χ3v) is 4.53. The topological polar surface area (TPSA) is 38.9 Å². The number of nitrogens with two attached hydrogens (primary N) is 1. The number of nitrogens with zero attached hydrogens (tertiary/aromatic N) is 1. The SMILES string of the molecule is C[C@@H]1C[C@H](N)C[C@H](c2ccc(C(F)(F)F)c3ncccc23)C1. The van der Waals surface area contributed by atoms with Crippen LogP contribution >= 0.6 is 0 Å². The highest BCUT2D eigenvalue weighted by Crippen LogP contribution is 2.41. The largest absolute Gasteiger partial charge is 0.418 e. The summed E-state index contributed by atoms with van der Waals surface area (Å²) in [6.07, 6.45) is -0.214. The zero-order valence-electron chi connectivity index (χ0n) is 12.4. The second-order valence-corrected chi connectivity index (χ2v) is 6.37. The summed E-state index contributed by atoms with van der Waals surface area (Å²) in [5.74, 6) is 0.690. The average molecular weight is 308 g/mol. The maximum absolute atomic E-state index is 13.2. The first kappa shape index (κ1) is 15.3. The number of fused-ring (bicyclic) bond motifs is 1. The van der Waals surface area contributed by atoms with Gasteiger partial charge in [0, 0.05) is 17.6 Å². The van der Waals surface area contributed by atoms with Crippen molar-refractivity contribution in [1.82, 2.24) is 4.98 Å². The zero-order valence-corrected chi connectivity index (χ0v) is 12.4. The third kappa shape index (κ3) is 2.82. The van der Waals surface area contributed by atoms with Crippen molar-refractivity contribution in [3.8, 4) is 0 Å². The lowest BCUT2D eigenvalue weighted by Gasteiger charge is -2.32. The van der Waals surface area contributed by atoms with Gasteiger partial charge in [0.05, 0.1) is 11.1 Å². The van der Waals surface area contributed by atoms with E-state index in [4.69, 9.17) is 5.73 Å². The van der Waals surface area contributed by atoms with Gasteiger partial charge in [-0.25, -0.2) is 0 Å². The Morgan fingerprint density at radius 1 is 1.14 bits per heavy atom. The van der Waals surface area contributed by atoms with E-state index in [-0.39, 0.29) is 17.5 Å². The molecule has 1 aliphatic carbocycles. The second-order valence-electron chi connectivity index (χ2n) is 6.37. The fourth-order valence-corrected chi connectivity index (χ4v) is 3.69. The van der Waals surface area contributed by atoms with Crippen LogP contribution in [0.5, 0.6) is 0 Å². The van der Waals surface area contributed by atoms with Crippen molar-refractivity contribution in [3.05, 3.63) is 41.6 Å². The van der Waals surface area contributed by atoms with Gasteiger partial charge in [0.25, 0.3) is 0 Å². The van der Waals surface area contributed by atoms with Gasteiger partial charge in [0.15, 0.2) is 0 Å². The Bertz CT molecular complexity index is 671. The van der Waals surface area contributed by atoms with E-state index in [0.29, 0.717) is 11.3 Å². The normalized spacial score (nSPS) is 26.3. The van der Waals surface area contributed by atoms with Gasteiger partial charge in [-0.2, -0.15) is 13.2 Å². The molecule has 3 rings (SSSR count). The van der Waals surface area contributed by atoms with Crippen molar-refractivity contribution < 1.29 is 13.2 Å². The van der Waals surface area contributed by atoms with Crippen LogP contribution < -0.4 is 5.73 Å². The van der Waals surface area contributed by atoms with Crippen molar-refractivity contribution in [3.63, 3.8) is 0 Å². The molecule has 1 aromatic carbocycles. The van der Waals surface area contributed by atoms with Gasteiger partial charge in [-0.05, 0) is 48.8 Å². The van der Waals surface area contributed by atoms with Crippen molar-refractivity contribution in [2.45, 2.75) is 44.3 Å². The molecule has 0 unspecified atom stereocenters. The Labute approximate surface area is 127 Å². The summed E-state index contributed by atoms with van der Waals surface area (Å²) < 4.78 is 39.5. The van der Waals surface area contributed by atoms with Gasteiger partial charge in [-0.15, -0.1) is 0 Å². The molecule has 1 aromatic heterocycles. The summed E-state index contributed by atoms with van der Waals surface area (Å²) in [5, 5.41) is 0.601. The van der Waals surface area contributed by atoms with Crippen LogP contribution in [0, 0.1) is 5.92 Å². The smallest absolute Gasteiger partial charge is 0.328 e. The van der Waals surface area contributed by atoms with E-state index in [1.165, 1.54) is 6.20 Å². The van der Waals surface area contributed by atoms with Gasteiger partial charge in [-0.1, -0.05) is 19.1 Å². The lowest BCUT2D eigenvalue weighted by molar-refractivity contribution is -0.136. The molecule has 1 aliphatic rings. The van der Waals surface area contributed by atoms with Crippen LogP contribution in [0.3, 0.4) is 0 Å². The predicted molar refractivity (Wildman–Crippen MR) is 80.5 cm³/mol. The Kier molecular flexibility index (Phi) is 3.85. The number of benzene rings is 1. The minimum Gasteiger partial charge on any atom is -0.328 e. The fraction of sp³-hybridized carbons (Fsp3) is 0.471. The fourth-order valence-electron chi connectivity index (χ4n) is 3.69. The predicted octanol–water partition coefficient (Wildman–Crippen LogP) is 4.48. The van der Waals surface area contributed by atoms with Gasteiger partial charge in [0.1, 0.15) is 0 Å². The van der Waals surface area contributed by atoms with Crippen LogP contribution in [-0.4, -0.2) is 11.0 Å². The van der Waals surface area contributed by atoms with Gasteiger partial charge < -0.3 is 5.73 Å². The zero-order chi connectivity index (χ0) is 15.9.